The van der Waals surface area contributed by atoms with Gasteiger partial charge in [0.05, 0.1) is 6.04 Å². The molecule has 1 atom stereocenters. The number of likely N-dealkylation sites (N-methyl/N-ethyl adjacent to an activating group) is 1. The monoisotopic (exact) mass is 272 g/mol. The summed E-state index contributed by atoms with van der Waals surface area (Å²) in [5, 5.41) is 1.27. The van der Waals surface area contributed by atoms with Crippen molar-refractivity contribution in [2.24, 2.45) is 0 Å². The number of carbonyl (C=O) groups excluding carboxylic acids is 1. The highest BCUT2D eigenvalue weighted by Crippen LogP contribution is 2.29. The number of rotatable bonds is 1. The van der Waals surface area contributed by atoms with Crippen molar-refractivity contribution in [1.29, 1.82) is 0 Å². The Bertz CT molecular complexity index is 600. The van der Waals surface area contributed by atoms with Crippen LogP contribution in [0.25, 0.3) is 10.9 Å². The number of carbonyl (C=O) groups is 1. The van der Waals surface area contributed by atoms with Gasteiger partial charge < -0.3 is 4.98 Å². The summed E-state index contributed by atoms with van der Waals surface area (Å²) in [4.78, 5) is 17.2. The second-order valence-electron chi connectivity index (χ2n) is 5.58. The lowest BCUT2D eigenvalue weighted by molar-refractivity contribution is -0.122. The van der Waals surface area contributed by atoms with E-state index >= 15 is 0 Å². The minimum absolute atomic E-state index is 0.0294. The van der Waals surface area contributed by atoms with Crippen molar-refractivity contribution >= 4 is 16.7 Å². The lowest BCUT2D eigenvalue weighted by atomic mass is 9.95. The zero-order valence-electron chi connectivity index (χ0n) is 12.9. The Morgan fingerprint density at radius 3 is 2.65 bits per heavy atom. The molecule has 0 saturated carbocycles. The Morgan fingerprint density at radius 1 is 1.35 bits per heavy atom. The average molecular weight is 272 g/mol. The second kappa shape index (κ2) is 6.23. The number of hydrogen-bond donors (Lipinski definition) is 1. The molecule has 3 heteroatoms. The van der Waals surface area contributed by atoms with Gasteiger partial charge >= 0.3 is 0 Å². The molecule has 1 aromatic carbocycles. The van der Waals surface area contributed by atoms with Crippen LogP contribution in [0.4, 0.5) is 0 Å². The number of aromatic nitrogens is 1. The molecule has 0 spiro atoms. The van der Waals surface area contributed by atoms with E-state index in [-0.39, 0.29) is 11.8 Å². The zero-order chi connectivity index (χ0) is 14.7. The number of nitrogens with zero attached hydrogens (tertiary/aromatic N) is 1. The zero-order valence-corrected chi connectivity index (χ0v) is 12.9. The molecule has 0 saturated heterocycles. The number of fused-ring (bicyclic) bond motifs is 3. The van der Waals surface area contributed by atoms with Crippen LogP contribution in [0.2, 0.25) is 0 Å². The first-order chi connectivity index (χ1) is 9.58. The van der Waals surface area contributed by atoms with E-state index in [0.29, 0.717) is 0 Å². The Morgan fingerprint density at radius 2 is 2.00 bits per heavy atom. The van der Waals surface area contributed by atoms with Gasteiger partial charge in [0.25, 0.3) is 0 Å². The molecule has 2 heterocycles. The maximum atomic E-state index is 11.6. The van der Waals surface area contributed by atoms with E-state index in [0.717, 1.165) is 13.0 Å². The number of benzene rings is 1. The Balaban J connectivity index is 0.000000452. The summed E-state index contributed by atoms with van der Waals surface area (Å²) in [6, 6.07) is 8.35. The first-order valence-electron chi connectivity index (χ1n) is 7.37. The summed E-state index contributed by atoms with van der Waals surface area (Å²) < 4.78 is 0. The molecule has 2 aromatic rings. The molecule has 0 amide bonds. The second-order valence-corrected chi connectivity index (χ2v) is 5.58. The molecule has 3 nitrogen and oxygen atoms in total. The molecule has 3 rings (SSSR count). The van der Waals surface area contributed by atoms with Crippen molar-refractivity contribution in [3.8, 4) is 0 Å². The van der Waals surface area contributed by atoms with Gasteiger partial charge in [-0.15, -0.1) is 0 Å². The molecule has 0 fully saturated rings. The molecule has 1 aliphatic rings. The third-order valence-electron chi connectivity index (χ3n) is 3.71. The number of nitrogens with one attached hydrogen (secondary N) is 1. The first kappa shape index (κ1) is 14.8. The van der Waals surface area contributed by atoms with Gasteiger partial charge in [0, 0.05) is 23.1 Å². The van der Waals surface area contributed by atoms with Crippen molar-refractivity contribution in [2.45, 2.75) is 46.2 Å². The number of Topliss-reactive ketones (excluding diaryl/α,β-unsaturated/α-hetero) is 1. The topological polar surface area (TPSA) is 36.1 Å². The largest absolute Gasteiger partial charge is 0.357 e. The van der Waals surface area contributed by atoms with Gasteiger partial charge in [0.1, 0.15) is 5.78 Å². The van der Waals surface area contributed by atoms with Gasteiger partial charge in [0.15, 0.2) is 0 Å². The molecule has 1 N–H and O–H groups in total. The van der Waals surface area contributed by atoms with Gasteiger partial charge in [-0.1, -0.05) is 38.5 Å². The predicted molar refractivity (Wildman–Crippen MR) is 83.9 cm³/mol. The van der Waals surface area contributed by atoms with E-state index in [1.165, 1.54) is 28.6 Å². The fourth-order valence-corrected chi connectivity index (χ4v) is 2.79. The number of ketones is 1. The summed E-state index contributed by atoms with van der Waals surface area (Å²) >= 11 is 0. The maximum absolute atomic E-state index is 11.6. The summed E-state index contributed by atoms with van der Waals surface area (Å²) in [6.07, 6.45) is 2.07. The quantitative estimate of drug-likeness (QED) is 0.862. The third-order valence-corrected chi connectivity index (χ3v) is 3.71. The van der Waals surface area contributed by atoms with Crippen molar-refractivity contribution in [2.75, 3.05) is 7.05 Å². The highest BCUT2D eigenvalue weighted by Gasteiger charge is 2.28. The number of aromatic amines is 1. The van der Waals surface area contributed by atoms with Gasteiger partial charge in [-0.3, -0.25) is 9.69 Å². The van der Waals surface area contributed by atoms with Crippen LogP contribution in [0.15, 0.2) is 24.3 Å². The number of hydrogen-bond acceptors (Lipinski definition) is 2. The van der Waals surface area contributed by atoms with Gasteiger partial charge in [-0.05, 0) is 32.0 Å². The third kappa shape index (κ3) is 2.78. The highest BCUT2D eigenvalue weighted by atomic mass is 16.1. The molecule has 1 unspecified atom stereocenters. The van der Waals surface area contributed by atoms with Gasteiger partial charge in [-0.2, -0.15) is 0 Å². The molecule has 0 aliphatic carbocycles. The Kier molecular flexibility index (Phi) is 4.61. The number of para-hydroxylation sites is 1. The lowest BCUT2D eigenvalue weighted by Crippen LogP contribution is -2.41. The van der Waals surface area contributed by atoms with Crippen LogP contribution >= 0.6 is 0 Å². The van der Waals surface area contributed by atoms with Gasteiger partial charge in [-0.25, -0.2) is 0 Å². The van der Waals surface area contributed by atoms with Crippen LogP contribution in [0.3, 0.4) is 0 Å². The van der Waals surface area contributed by atoms with Crippen molar-refractivity contribution in [3.05, 3.63) is 35.5 Å². The first-order valence-corrected chi connectivity index (χ1v) is 7.37. The summed E-state index contributed by atoms with van der Waals surface area (Å²) in [7, 11) is 2.01. The van der Waals surface area contributed by atoms with E-state index < -0.39 is 0 Å². The molecular weight excluding hydrogens is 248 g/mol. The van der Waals surface area contributed by atoms with Crippen molar-refractivity contribution in [3.63, 3.8) is 0 Å². The van der Waals surface area contributed by atoms with E-state index in [9.17, 15) is 4.79 Å². The van der Waals surface area contributed by atoms with Crippen molar-refractivity contribution in [1.82, 2.24) is 9.88 Å². The fraction of sp³-hybridized carbons (Fsp3) is 0.471. The van der Waals surface area contributed by atoms with Crippen LogP contribution in [0.5, 0.6) is 0 Å². The molecule has 0 radical (unpaired) electrons. The minimum atomic E-state index is 0.0294. The SMILES string of the molecule is CC(=O)C1Cc2c([nH]c3ccccc23)CN1C.CCC. The van der Waals surface area contributed by atoms with Crippen LogP contribution in [-0.4, -0.2) is 28.8 Å². The van der Waals surface area contributed by atoms with Crippen LogP contribution in [0.1, 0.15) is 38.4 Å². The van der Waals surface area contributed by atoms with Crippen LogP contribution in [-0.2, 0) is 17.8 Å². The molecule has 1 aliphatic heterocycles. The van der Waals surface area contributed by atoms with E-state index in [1.54, 1.807) is 6.92 Å². The molecule has 1 aromatic heterocycles. The smallest absolute Gasteiger partial charge is 0.147 e. The maximum Gasteiger partial charge on any atom is 0.147 e. The highest BCUT2D eigenvalue weighted by molar-refractivity contribution is 5.87. The predicted octanol–water partition coefficient (Wildman–Crippen LogP) is 3.53. The standard InChI is InChI=1S/C14H16N2O.C3H8/c1-9(17)14-7-11-10-5-3-4-6-12(10)15-13(11)8-16(14)2;1-3-2/h3-6,14-15H,7-8H2,1-2H3;3H2,1-2H3. The molecule has 20 heavy (non-hydrogen) atoms. The summed E-state index contributed by atoms with van der Waals surface area (Å²) in [5.41, 5.74) is 3.75. The summed E-state index contributed by atoms with van der Waals surface area (Å²) in [5.74, 6) is 0.253. The lowest BCUT2D eigenvalue weighted by Gasteiger charge is -2.30. The molecule has 108 valence electrons. The van der Waals surface area contributed by atoms with E-state index in [4.69, 9.17) is 0 Å². The van der Waals surface area contributed by atoms with E-state index in [2.05, 4.69) is 41.9 Å². The normalized spacial score (nSPS) is 18.3. The Labute approximate surface area is 121 Å². The van der Waals surface area contributed by atoms with E-state index in [1.807, 2.05) is 13.1 Å². The van der Waals surface area contributed by atoms with Crippen molar-refractivity contribution < 1.29 is 4.79 Å². The molecule has 0 bridgehead atoms. The average Bonchev–Trinajstić information content (AvgIpc) is 2.75. The van der Waals surface area contributed by atoms with Crippen LogP contribution < -0.4 is 0 Å². The Hall–Kier alpha value is -1.61. The molecular formula is C17H24N2O. The van der Waals surface area contributed by atoms with Crippen LogP contribution in [0, 0.1) is 0 Å². The van der Waals surface area contributed by atoms with Gasteiger partial charge in [0.2, 0.25) is 0 Å². The summed E-state index contributed by atoms with van der Waals surface area (Å²) in [6.45, 7) is 6.76. The minimum Gasteiger partial charge on any atom is -0.357 e. The fourth-order valence-electron chi connectivity index (χ4n) is 2.79. The number of H-pyrrole nitrogens is 1.